The number of aromatic carboxylic acids is 1. The van der Waals surface area contributed by atoms with Crippen LogP contribution in [0.4, 0.5) is 0 Å². The molecule has 0 bridgehead atoms. The van der Waals surface area contributed by atoms with Crippen LogP contribution in [0.3, 0.4) is 0 Å². The molecule has 16 heavy (non-hydrogen) atoms. The van der Waals surface area contributed by atoms with Crippen molar-refractivity contribution in [1.82, 2.24) is 0 Å². The Morgan fingerprint density at radius 2 is 2.12 bits per heavy atom. The smallest absolute Gasteiger partial charge is 0.372 e. The molecule has 1 aromatic heterocycles. The number of carboxylic acids is 1. The SMILES string of the molecule is COc1ccc2oc(C(=O)O)c3c2c1CC3. The lowest BCUT2D eigenvalue weighted by Gasteiger charge is -2.04. The molecule has 0 saturated carbocycles. The van der Waals surface area contributed by atoms with E-state index in [4.69, 9.17) is 14.3 Å². The third-order valence-corrected chi connectivity index (χ3v) is 3.06. The van der Waals surface area contributed by atoms with E-state index in [0.717, 1.165) is 28.7 Å². The molecular weight excluding hydrogens is 208 g/mol. The summed E-state index contributed by atoms with van der Waals surface area (Å²) in [6, 6.07) is 3.58. The van der Waals surface area contributed by atoms with Crippen molar-refractivity contribution >= 4 is 16.9 Å². The highest BCUT2D eigenvalue weighted by Gasteiger charge is 2.28. The van der Waals surface area contributed by atoms with Crippen LogP contribution in [-0.4, -0.2) is 18.2 Å². The molecule has 1 heterocycles. The van der Waals surface area contributed by atoms with Gasteiger partial charge in [0.15, 0.2) is 0 Å². The molecule has 0 atom stereocenters. The molecule has 0 spiro atoms. The zero-order chi connectivity index (χ0) is 11.3. The van der Waals surface area contributed by atoms with Crippen molar-refractivity contribution in [1.29, 1.82) is 0 Å². The van der Waals surface area contributed by atoms with Gasteiger partial charge in [-0.05, 0) is 25.0 Å². The van der Waals surface area contributed by atoms with E-state index in [-0.39, 0.29) is 5.76 Å². The first kappa shape index (κ1) is 9.27. The number of carbonyl (C=O) groups is 1. The Labute approximate surface area is 91.4 Å². The molecule has 1 N–H and O–H groups in total. The summed E-state index contributed by atoms with van der Waals surface area (Å²) in [7, 11) is 1.62. The van der Waals surface area contributed by atoms with Crippen LogP contribution in [0.1, 0.15) is 21.7 Å². The molecule has 0 aliphatic heterocycles. The molecule has 1 aliphatic rings. The zero-order valence-electron chi connectivity index (χ0n) is 8.74. The summed E-state index contributed by atoms with van der Waals surface area (Å²) in [5.74, 6) is -0.121. The predicted octanol–water partition coefficient (Wildman–Crippen LogP) is 2.24. The minimum atomic E-state index is -1.00. The first-order valence-electron chi connectivity index (χ1n) is 5.07. The Hall–Kier alpha value is -1.97. The van der Waals surface area contributed by atoms with Crippen molar-refractivity contribution in [2.45, 2.75) is 12.8 Å². The molecular formula is C12H10O4. The Balaban J connectivity index is 2.39. The summed E-state index contributed by atoms with van der Waals surface area (Å²) >= 11 is 0. The number of aryl methyl sites for hydroxylation is 2. The lowest BCUT2D eigenvalue weighted by molar-refractivity contribution is 0.0663. The quantitative estimate of drug-likeness (QED) is 0.839. The average Bonchev–Trinajstić information content (AvgIpc) is 2.84. The fourth-order valence-electron chi connectivity index (χ4n) is 2.41. The minimum Gasteiger partial charge on any atom is -0.496 e. The third-order valence-electron chi connectivity index (χ3n) is 3.06. The molecule has 0 saturated heterocycles. The van der Waals surface area contributed by atoms with Crippen LogP contribution < -0.4 is 4.74 Å². The minimum absolute atomic E-state index is 0.0713. The van der Waals surface area contributed by atoms with Gasteiger partial charge in [-0.2, -0.15) is 0 Å². The highest BCUT2D eigenvalue weighted by molar-refractivity contribution is 5.98. The summed E-state index contributed by atoms with van der Waals surface area (Å²) < 4.78 is 10.6. The van der Waals surface area contributed by atoms with Crippen LogP contribution >= 0.6 is 0 Å². The Morgan fingerprint density at radius 1 is 1.38 bits per heavy atom. The molecule has 4 heteroatoms. The van der Waals surface area contributed by atoms with Gasteiger partial charge < -0.3 is 14.3 Å². The molecule has 0 fully saturated rings. The van der Waals surface area contributed by atoms with Gasteiger partial charge in [-0.15, -0.1) is 0 Å². The number of methoxy groups -OCH3 is 1. The van der Waals surface area contributed by atoms with Crippen molar-refractivity contribution in [2.24, 2.45) is 0 Å². The van der Waals surface area contributed by atoms with E-state index >= 15 is 0 Å². The van der Waals surface area contributed by atoms with E-state index in [1.807, 2.05) is 6.07 Å². The number of carboxylic acid groups (broad SMARTS) is 1. The normalized spacial score (nSPS) is 13.3. The van der Waals surface area contributed by atoms with Crippen molar-refractivity contribution in [3.8, 4) is 5.75 Å². The fourth-order valence-corrected chi connectivity index (χ4v) is 2.41. The number of hydrogen-bond donors (Lipinski definition) is 1. The number of ether oxygens (including phenoxy) is 1. The maximum atomic E-state index is 11.0. The lowest BCUT2D eigenvalue weighted by Crippen LogP contribution is -1.97. The van der Waals surface area contributed by atoms with Gasteiger partial charge in [0.25, 0.3) is 0 Å². The van der Waals surface area contributed by atoms with Gasteiger partial charge in [-0.3, -0.25) is 0 Å². The van der Waals surface area contributed by atoms with Crippen LogP contribution in [0.5, 0.6) is 5.75 Å². The molecule has 2 aromatic rings. The van der Waals surface area contributed by atoms with Gasteiger partial charge in [0.05, 0.1) is 7.11 Å². The second-order valence-corrected chi connectivity index (χ2v) is 3.83. The standard InChI is InChI=1S/C12H10O4/c1-15-8-4-5-9-10-6(8)2-3-7(10)11(16-9)12(13)14/h4-5H,2-3H2,1H3,(H,13,14). The first-order chi connectivity index (χ1) is 7.72. The zero-order valence-corrected chi connectivity index (χ0v) is 8.74. The van der Waals surface area contributed by atoms with E-state index in [1.165, 1.54) is 0 Å². The first-order valence-corrected chi connectivity index (χ1v) is 5.07. The summed E-state index contributed by atoms with van der Waals surface area (Å²) in [6.07, 6.45) is 1.53. The second-order valence-electron chi connectivity index (χ2n) is 3.83. The molecule has 1 aliphatic carbocycles. The van der Waals surface area contributed by atoms with Crippen molar-refractivity contribution < 1.29 is 19.1 Å². The van der Waals surface area contributed by atoms with Gasteiger partial charge >= 0.3 is 5.97 Å². The van der Waals surface area contributed by atoms with Crippen LogP contribution in [0, 0.1) is 0 Å². The van der Waals surface area contributed by atoms with Gasteiger partial charge in [-0.1, -0.05) is 0 Å². The van der Waals surface area contributed by atoms with E-state index < -0.39 is 5.97 Å². The Morgan fingerprint density at radius 3 is 2.81 bits per heavy atom. The van der Waals surface area contributed by atoms with E-state index in [1.54, 1.807) is 13.2 Å². The molecule has 82 valence electrons. The van der Waals surface area contributed by atoms with Crippen LogP contribution in [0.25, 0.3) is 11.0 Å². The van der Waals surface area contributed by atoms with Gasteiger partial charge in [0.2, 0.25) is 5.76 Å². The summed E-state index contributed by atoms with van der Waals surface area (Å²) in [4.78, 5) is 11.0. The van der Waals surface area contributed by atoms with E-state index in [0.29, 0.717) is 12.0 Å². The number of furan rings is 1. The average molecular weight is 218 g/mol. The number of rotatable bonds is 2. The fraction of sp³-hybridized carbons (Fsp3) is 0.250. The Kier molecular flexibility index (Phi) is 1.74. The predicted molar refractivity (Wildman–Crippen MR) is 57.1 cm³/mol. The topological polar surface area (TPSA) is 59.7 Å². The van der Waals surface area contributed by atoms with Crippen molar-refractivity contribution in [3.63, 3.8) is 0 Å². The molecule has 0 unspecified atom stereocenters. The maximum Gasteiger partial charge on any atom is 0.372 e. The third kappa shape index (κ3) is 1.01. The number of benzene rings is 1. The van der Waals surface area contributed by atoms with Gasteiger partial charge in [0.1, 0.15) is 11.3 Å². The molecule has 1 aromatic carbocycles. The molecule has 0 radical (unpaired) electrons. The number of hydrogen-bond acceptors (Lipinski definition) is 3. The van der Waals surface area contributed by atoms with Crippen molar-refractivity contribution in [3.05, 3.63) is 29.0 Å². The summed E-state index contributed by atoms with van der Waals surface area (Å²) in [5.41, 5.74) is 2.50. The monoisotopic (exact) mass is 218 g/mol. The van der Waals surface area contributed by atoms with Crippen LogP contribution in [0.2, 0.25) is 0 Å². The second kappa shape index (κ2) is 3.01. The van der Waals surface area contributed by atoms with Gasteiger partial charge in [-0.25, -0.2) is 4.79 Å². The maximum absolute atomic E-state index is 11.0. The van der Waals surface area contributed by atoms with Gasteiger partial charge in [0, 0.05) is 16.5 Å². The highest BCUT2D eigenvalue weighted by Crippen LogP contribution is 2.40. The lowest BCUT2D eigenvalue weighted by atomic mass is 10.1. The highest BCUT2D eigenvalue weighted by atomic mass is 16.5. The summed E-state index contributed by atoms with van der Waals surface area (Å²) in [6.45, 7) is 0. The summed E-state index contributed by atoms with van der Waals surface area (Å²) in [5, 5.41) is 9.95. The van der Waals surface area contributed by atoms with E-state index in [9.17, 15) is 4.79 Å². The molecule has 4 nitrogen and oxygen atoms in total. The van der Waals surface area contributed by atoms with Crippen LogP contribution in [0.15, 0.2) is 16.5 Å². The van der Waals surface area contributed by atoms with E-state index in [2.05, 4.69) is 0 Å². The molecule has 3 rings (SSSR count). The van der Waals surface area contributed by atoms with Crippen molar-refractivity contribution in [2.75, 3.05) is 7.11 Å². The molecule has 0 amide bonds. The largest absolute Gasteiger partial charge is 0.496 e. The Bertz CT molecular complexity index is 595. The van der Waals surface area contributed by atoms with Crippen LogP contribution in [-0.2, 0) is 12.8 Å².